The monoisotopic (exact) mass is 169 g/mol. The highest BCUT2D eigenvalue weighted by Gasteiger charge is 2.07. The number of nitrogens with two attached hydrogens (primary N) is 1. The highest BCUT2D eigenvalue weighted by Crippen LogP contribution is 2.14. The Kier molecular flexibility index (Phi) is 6.09. The second kappa shape index (κ2) is 6.24. The Balaban J connectivity index is 3.36. The standard InChI is InChI=1S/C11H23N/c1-5-9(2)7-6-8-10(3)11(4)12/h5,9-11H,1,6-8,12H2,2-4H3. The second-order valence-electron chi connectivity index (χ2n) is 3.98. The molecule has 0 radical (unpaired) electrons. The quantitative estimate of drug-likeness (QED) is 0.608. The van der Waals surface area contributed by atoms with Gasteiger partial charge in [0.2, 0.25) is 0 Å². The zero-order chi connectivity index (χ0) is 9.56. The van der Waals surface area contributed by atoms with E-state index in [1.54, 1.807) is 0 Å². The summed E-state index contributed by atoms with van der Waals surface area (Å²) >= 11 is 0. The molecular weight excluding hydrogens is 146 g/mol. The SMILES string of the molecule is C=CC(C)CCCC(C)C(C)N. The maximum atomic E-state index is 5.77. The minimum Gasteiger partial charge on any atom is -0.328 e. The first-order valence-corrected chi connectivity index (χ1v) is 4.96. The highest BCUT2D eigenvalue weighted by atomic mass is 14.6. The van der Waals surface area contributed by atoms with Crippen LogP contribution in [0.2, 0.25) is 0 Å². The second-order valence-corrected chi connectivity index (χ2v) is 3.98. The van der Waals surface area contributed by atoms with Gasteiger partial charge < -0.3 is 5.73 Å². The fourth-order valence-corrected chi connectivity index (χ4v) is 1.14. The van der Waals surface area contributed by atoms with Crippen LogP contribution in [0.1, 0.15) is 40.0 Å². The van der Waals surface area contributed by atoms with Crippen molar-refractivity contribution >= 4 is 0 Å². The summed E-state index contributed by atoms with van der Waals surface area (Å²) in [5.74, 6) is 1.31. The Morgan fingerprint density at radius 3 is 2.25 bits per heavy atom. The van der Waals surface area contributed by atoms with Crippen LogP contribution in [-0.2, 0) is 0 Å². The fraction of sp³-hybridized carbons (Fsp3) is 0.818. The lowest BCUT2D eigenvalue weighted by Crippen LogP contribution is -2.24. The third-order valence-corrected chi connectivity index (χ3v) is 2.62. The van der Waals surface area contributed by atoms with Crippen molar-refractivity contribution in [2.45, 2.75) is 46.1 Å². The van der Waals surface area contributed by atoms with E-state index in [2.05, 4.69) is 27.4 Å². The molecule has 0 saturated heterocycles. The molecule has 72 valence electrons. The van der Waals surface area contributed by atoms with Gasteiger partial charge in [-0.2, -0.15) is 0 Å². The first kappa shape index (κ1) is 11.7. The summed E-state index contributed by atoms with van der Waals surface area (Å²) in [4.78, 5) is 0. The molecule has 0 heterocycles. The van der Waals surface area contributed by atoms with E-state index in [9.17, 15) is 0 Å². The Morgan fingerprint density at radius 2 is 1.83 bits per heavy atom. The molecule has 0 amide bonds. The van der Waals surface area contributed by atoms with Gasteiger partial charge >= 0.3 is 0 Å². The average molecular weight is 169 g/mol. The predicted molar refractivity (Wildman–Crippen MR) is 56.0 cm³/mol. The molecular formula is C11H23N. The molecule has 3 unspecified atom stereocenters. The van der Waals surface area contributed by atoms with Gasteiger partial charge in [-0.1, -0.05) is 26.3 Å². The van der Waals surface area contributed by atoms with Crippen molar-refractivity contribution in [1.29, 1.82) is 0 Å². The average Bonchev–Trinajstić information content (AvgIpc) is 2.03. The summed E-state index contributed by atoms with van der Waals surface area (Å²) in [7, 11) is 0. The molecule has 0 aliphatic carbocycles. The van der Waals surface area contributed by atoms with Crippen molar-refractivity contribution < 1.29 is 0 Å². The highest BCUT2D eigenvalue weighted by molar-refractivity contribution is 4.75. The number of allylic oxidation sites excluding steroid dienone is 1. The Morgan fingerprint density at radius 1 is 1.25 bits per heavy atom. The van der Waals surface area contributed by atoms with Gasteiger partial charge in [0.1, 0.15) is 0 Å². The van der Waals surface area contributed by atoms with E-state index in [-0.39, 0.29) is 0 Å². The summed E-state index contributed by atoms with van der Waals surface area (Å²) < 4.78 is 0. The lowest BCUT2D eigenvalue weighted by Gasteiger charge is -2.15. The van der Waals surface area contributed by atoms with Gasteiger partial charge in [0, 0.05) is 6.04 Å². The lowest BCUT2D eigenvalue weighted by molar-refractivity contribution is 0.418. The van der Waals surface area contributed by atoms with Crippen molar-refractivity contribution in [2.24, 2.45) is 17.6 Å². The van der Waals surface area contributed by atoms with Crippen LogP contribution in [0.3, 0.4) is 0 Å². The summed E-state index contributed by atoms with van der Waals surface area (Å²) in [5, 5.41) is 0. The van der Waals surface area contributed by atoms with Gasteiger partial charge in [0.25, 0.3) is 0 Å². The van der Waals surface area contributed by atoms with Crippen LogP contribution < -0.4 is 5.73 Å². The van der Waals surface area contributed by atoms with Gasteiger partial charge in [-0.05, 0) is 31.6 Å². The third kappa shape index (κ3) is 5.36. The lowest BCUT2D eigenvalue weighted by atomic mass is 9.95. The summed E-state index contributed by atoms with van der Waals surface area (Å²) in [6, 6.07) is 0.337. The normalized spacial score (nSPS) is 18.3. The Bertz CT molecular complexity index is 118. The molecule has 0 bridgehead atoms. The third-order valence-electron chi connectivity index (χ3n) is 2.62. The van der Waals surface area contributed by atoms with Crippen LogP contribution in [0, 0.1) is 11.8 Å². The van der Waals surface area contributed by atoms with Crippen molar-refractivity contribution in [2.75, 3.05) is 0 Å². The van der Waals surface area contributed by atoms with Crippen molar-refractivity contribution in [3.63, 3.8) is 0 Å². The van der Waals surface area contributed by atoms with E-state index in [0.717, 1.165) is 0 Å². The Hall–Kier alpha value is -0.300. The zero-order valence-corrected chi connectivity index (χ0v) is 8.72. The van der Waals surface area contributed by atoms with E-state index in [0.29, 0.717) is 17.9 Å². The number of hydrogen-bond donors (Lipinski definition) is 1. The molecule has 0 aliphatic heterocycles. The first-order chi connectivity index (χ1) is 5.57. The van der Waals surface area contributed by atoms with Crippen molar-refractivity contribution in [3.8, 4) is 0 Å². The minimum atomic E-state index is 0.337. The van der Waals surface area contributed by atoms with E-state index in [4.69, 9.17) is 5.73 Å². The van der Waals surface area contributed by atoms with E-state index in [1.165, 1.54) is 19.3 Å². The van der Waals surface area contributed by atoms with Crippen LogP contribution in [-0.4, -0.2) is 6.04 Å². The summed E-state index contributed by atoms with van der Waals surface area (Å²) in [6.45, 7) is 10.3. The minimum absolute atomic E-state index is 0.337. The van der Waals surface area contributed by atoms with E-state index >= 15 is 0 Å². The molecule has 0 aliphatic rings. The maximum absolute atomic E-state index is 5.77. The van der Waals surface area contributed by atoms with E-state index in [1.807, 2.05) is 6.08 Å². The van der Waals surface area contributed by atoms with Crippen LogP contribution in [0.25, 0.3) is 0 Å². The number of hydrogen-bond acceptors (Lipinski definition) is 1. The summed E-state index contributed by atoms with van der Waals surface area (Å²) in [5.41, 5.74) is 5.77. The Labute approximate surface area is 77.0 Å². The smallest absolute Gasteiger partial charge is 0.00361 e. The van der Waals surface area contributed by atoms with Crippen molar-refractivity contribution in [3.05, 3.63) is 12.7 Å². The zero-order valence-electron chi connectivity index (χ0n) is 8.72. The molecule has 3 atom stereocenters. The largest absolute Gasteiger partial charge is 0.328 e. The molecule has 2 N–H and O–H groups in total. The molecule has 0 aromatic carbocycles. The maximum Gasteiger partial charge on any atom is 0.00361 e. The molecule has 0 rings (SSSR count). The van der Waals surface area contributed by atoms with Crippen LogP contribution in [0.5, 0.6) is 0 Å². The molecule has 12 heavy (non-hydrogen) atoms. The molecule has 0 saturated carbocycles. The van der Waals surface area contributed by atoms with Gasteiger partial charge in [-0.15, -0.1) is 6.58 Å². The van der Waals surface area contributed by atoms with Gasteiger partial charge in [-0.3, -0.25) is 0 Å². The van der Waals surface area contributed by atoms with E-state index < -0.39 is 0 Å². The van der Waals surface area contributed by atoms with Crippen LogP contribution >= 0.6 is 0 Å². The first-order valence-electron chi connectivity index (χ1n) is 4.96. The van der Waals surface area contributed by atoms with Gasteiger partial charge in [-0.25, -0.2) is 0 Å². The number of rotatable bonds is 6. The van der Waals surface area contributed by atoms with Crippen molar-refractivity contribution in [1.82, 2.24) is 0 Å². The molecule has 0 aromatic heterocycles. The topological polar surface area (TPSA) is 26.0 Å². The fourth-order valence-electron chi connectivity index (χ4n) is 1.14. The molecule has 0 fully saturated rings. The van der Waals surface area contributed by atoms with Gasteiger partial charge in [0.05, 0.1) is 0 Å². The molecule has 0 aromatic rings. The van der Waals surface area contributed by atoms with Crippen LogP contribution in [0.4, 0.5) is 0 Å². The molecule has 1 heteroatoms. The summed E-state index contributed by atoms with van der Waals surface area (Å²) in [6.07, 6.45) is 5.79. The predicted octanol–water partition coefficient (Wildman–Crippen LogP) is 2.96. The van der Waals surface area contributed by atoms with Gasteiger partial charge in [0.15, 0.2) is 0 Å². The molecule has 0 spiro atoms. The van der Waals surface area contributed by atoms with Crippen LogP contribution in [0.15, 0.2) is 12.7 Å². The molecule has 1 nitrogen and oxygen atoms in total.